The number of ketones is 1. The van der Waals surface area contributed by atoms with Crippen molar-refractivity contribution in [3.63, 3.8) is 0 Å². The van der Waals surface area contributed by atoms with E-state index in [1.165, 1.54) is 17.7 Å². The maximum atomic E-state index is 14.4. The van der Waals surface area contributed by atoms with E-state index in [0.717, 1.165) is 42.7 Å². The molecule has 2 aromatic rings. The quantitative estimate of drug-likeness (QED) is 0.465. The number of allylic oxidation sites excluding steroid dienone is 1. The van der Waals surface area contributed by atoms with E-state index in [4.69, 9.17) is 10.1 Å². The van der Waals surface area contributed by atoms with Crippen LogP contribution in [0.1, 0.15) is 53.5 Å². The summed E-state index contributed by atoms with van der Waals surface area (Å²) in [7, 11) is 0. The lowest BCUT2D eigenvalue weighted by molar-refractivity contribution is -0.109. The van der Waals surface area contributed by atoms with Gasteiger partial charge in [0.25, 0.3) is 0 Å². The SMILES string of the molecule is Cc1ccc(/C=C/C(=O)C(=N)C(C)c2ccc(F)c(CC3CCOCC3)c2)cc1C. The second-order valence-corrected chi connectivity index (χ2v) is 8.29. The highest BCUT2D eigenvalue weighted by molar-refractivity contribution is 6.45. The molecule has 0 radical (unpaired) electrons. The largest absolute Gasteiger partial charge is 0.381 e. The summed E-state index contributed by atoms with van der Waals surface area (Å²) in [5, 5.41) is 8.35. The number of ether oxygens (including phenoxy) is 1. The fourth-order valence-electron chi connectivity index (χ4n) is 3.79. The van der Waals surface area contributed by atoms with Crippen LogP contribution in [0.15, 0.2) is 42.5 Å². The van der Waals surface area contributed by atoms with Crippen LogP contribution >= 0.6 is 0 Å². The molecule has 1 saturated heterocycles. The molecule has 0 aromatic heterocycles. The topological polar surface area (TPSA) is 50.2 Å². The van der Waals surface area contributed by atoms with Gasteiger partial charge in [-0.15, -0.1) is 0 Å². The Labute approximate surface area is 178 Å². The van der Waals surface area contributed by atoms with Crippen LogP contribution in [0.4, 0.5) is 4.39 Å². The Morgan fingerprint density at radius 1 is 1.17 bits per heavy atom. The molecule has 4 heteroatoms. The summed E-state index contributed by atoms with van der Waals surface area (Å²) < 4.78 is 19.7. The number of halogens is 1. The van der Waals surface area contributed by atoms with Gasteiger partial charge in [0.2, 0.25) is 0 Å². The number of carbonyl (C=O) groups is 1. The summed E-state index contributed by atoms with van der Waals surface area (Å²) in [4.78, 5) is 12.6. The number of hydrogen-bond acceptors (Lipinski definition) is 3. The number of carbonyl (C=O) groups excluding carboxylic acids is 1. The minimum Gasteiger partial charge on any atom is -0.381 e. The van der Waals surface area contributed by atoms with Gasteiger partial charge < -0.3 is 10.1 Å². The van der Waals surface area contributed by atoms with Crippen molar-refractivity contribution in [3.8, 4) is 0 Å². The van der Waals surface area contributed by atoms with Crippen LogP contribution < -0.4 is 0 Å². The lowest BCUT2D eigenvalue weighted by Gasteiger charge is -2.22. The molecule has 1 heterocycles. The van der Waals surface area contributed by atoms with E-state index in [1.54, 1.807) is 12.1 Å². The van der Waals surface area contributed by atoms with Crippen LogP contribution in [-0.4, -0.2) is 24.7 Å². The Bertz CT molecular complexity index is 958. The fourth-order valence-corrected chi connectivity index (χ4v) is 3.79. The molecule has 1 N–H and O–H groups in total. The molecule has 3 nitrogen and oxygen atoms in total. The minimum absolute atomic E-state index is 0.0127. The van der Waals surface area contributed by atoms with E-state index >= 15 is 0 Å². The van der Waals surface area contributed by atoms with Crippen molar-refractivity contribution in [2.75, 3.05) is 13.2 Å². The molecule has 30 heavy (non-hydrogen) atoms. The Morgan fingerprint density at radius 2 is 1.90 bits per heavy atom. The van der Waals surface area contributed by atoms with E-state index in [9.17, 15) is 9.18 Å². The molecule has 158 valence electrons. The minimum atomic E-state index is -0.393. The third-order valence-corrected chi connectivity index (χ3v) is 6.08. The standard InChI is InChI=1S/C26H30FNO2/c1-17-4-5-20(14-18(17)2)6-9-25(29)26(28)19(3)22-7-8-24(27)23(16-22)15-21-10-12-30-13-11-21/h4-9,14,16,19,21,28H,10-13,15H2,1-3H3/b9-6+,28-26?. The van der Waals surface area contributed by atoms with Crippen LogP contribution in [0.2, 0.25) is 0 Å². The second-order valence-electron chi connectivity index (χ2n) is 8.29. The molecule has 3 rings (SSSR count). The number of rotatable bonds is 7. The molecule has 0 aliphatic carbocycles. The molecular formula is C26H30FNO2. The van der Waals surface area contributed by atoms with E-state index < -0.39 is 5.92 Å². The monoisotopic (exact) mass is 407 g/mol. The van der Waals surface area contributed by atoms with Crippen molar-refractivity contribution in [2.45, 2.75) is 46.0 Å². The summed E-state index contributed by atoms with van der Waals surface area (Å²) in [6.45, 7) is 7.37. The second kappa shape index (κ2) is 9.94. The van der Waals surface area contributed by atoms with E-state index in [0.29, 0.717) is 17.9 Å². The van der Waals surface area contributed by atoms with Crippen LogP contribution in [0.3, 0.4) is 0 Å². The van der Waals surface area contributed by atoms with Crippen LogP contribution in [0, 0.1) is 31.0 Å². The van der Waals surface area contributed by atoms with Gasteiger partial charge in [0.05, 0.1) is 5.71 Å². The highest BCUT2D eigenvalue weighted by atomic mass is 19.1. The average Bonchev–Trinajstić information content (AvgIpc) is 2.75. The Balaban J connectivity index is 1.69. The summed E-state index contributed by atoms with van der Waals surface area (Å²) >= 11 is 0. The molecule has 1 aliphatic heterocycles. The molecule has 1 unspecified atom stereocenters. The highest BCUT2D eigenvalue weighted by Crippen LogP contribution is 2.25. The number of aryl methyl sites for hydroxylation is 2. The third kappa shape index (κ3) is 5.51. The van der Waals surface area contributed by atoms with Crippen LogP contribution in [0.25, 0.3) is 6.08 Å². The Hall–Kier alpha value is -2.59. The maximum Gasteiger partial charge on any atom is 0.199 e. The maximum absolute atomic E-state index is 14.4. The lowest BCUT2D eigenvalue weighted by atomic mass is 9.88. The van der Waals surface area contributed by atoms with Gasteiger partial charge in [-0.05, 0) is 79.0 Å². The van der Waals surface area contributed by atoms with Gasteiger partial charge in [0, 0.05) is 19.1 Å². The molecule has 1 atom stereocenters. The summed E-state index contributed by atoms with van der Waals surface area (Å²) in [5.41, 5.74) is 4.78. The van der Waals surface area contributed by atoms with Crippen molar-refractivity contribution in [1.82, 2.24) is 0 Å². The zero-order valence-electron chi connectivity index (χ0n) is 18.0. The highest BCUT2D eigenvalue weighted by Gasteiger charge is 2.20. The van der Waals surface area contributed by atoms with Gasteiger partial charge in [-0.1, -0.05) is 43.3 Å². The van der Waals surface area contributed by atoms with E-state index in [-0.39, 0.29) is 17.3 Å². The van der Waals surface area contributed by atoms with Gasteiger partial charge in [-0.25, -0.2) is 4.39 Å². The fraction of sp³-hybridized carbons (Fsp3) is 0.385. The van der Waals surface area contributed by atoms with Crippen molar-refractivity contribution in [1.29, 1.82) is 5.41 Å². The molecule has 0 amide bonds. The molecular weight excluding hydrogens is 377 g/mol. The molecule has 1 aliphatic rings. The molecule has 1 fully saturated rings. The van der Waals surface area contributed by atoms with Crippen LogP contribution in [-0.2, 0) is 16.0 Å². The predicted molar refractivity (Wildman–Crippen MR) is 120 cm³/mol. The smallest absolute Gasteiger partial charge is 0.199 e. The van der Waals surface area contributed by atoms with Crippen LogP contribution in [0.5, 0.6) is 0 Å². The molecule has 2 aromatic carbocycles. The molecule has 0 saturated carbocycles. The van der Waals surface area contributed by atoms with Gasteiger partial charge in [-0.3, -0.25) is 4.79 Å². The number of nitrogens with one attached hydrogen (secondary N) is 1. The summed E-state index contributed by atoms with van der Waals surface area (Å²) in [5.74, 6) is -0.516. The first-order chi connectivity index (χ1) is 14.3. The zero-order valence-corrected chi connectivity index (χ0v) is 18.0. The summed E-state index contributed by atoms with van der Waals surface area (Å²) in [6.07, 6.45) is 5.75. The Kier molecular flexibility index (Phi) is 7.33. The first-order valence-corrected chi connectivity index (χ1v) is 10.6. The zero-order chi connectivity index (χ0) is 21.7. The first-order valence-electron chi connectivity index (χ1n) is 10.6. The lowest BCUT2D eigenvalue weighted by Crippen LogP contribution is -2.19. The third-order valence-electron chi connectivity index (χ3n) is 6.08. The molecule has 0 bridgehead atoms. The van der Waals surface area contributed by atoms with Crippen molar-refractivity contribution < 1.29 is 13.9 Å². The van der Waals surface area contributed by atoms with Gasteiger partial charge >= 0.3 is 0 Å². The van der Waals surface area contributed by atoms with Crippen molar-refractivity contribution >= 4 is 17.6 Å². The summed E-state index contributed by atoms with van der Waals surface area (Å²) in [6, 6.07) is 11.0. The molecule has 0 spiro atoms. The van der Waals surface area contributed by atoms with E-state index in [2.05, 4.69) is 0 Å². The van der Waals surface area contributed by atoms with Gasteiger partial charge in [0.15, 0.2) is 5.78 Å². The van der Waals surface area contributed by atoms with Crippen molar-refractivity contribution in [2.24, 2.45) is 5.92 Å². The van der Waals surface area contributed by atoms with Gasteiger partial charge in [-0.2, -0.15) is 0 Å². The predicted octanol–water partition coefficient (Wildman–Crippen LogP) is 5.82. The van der Waals surface area contributed by atoms with Crippen molar-refractivity contribution in [3.05, 3.63) is 76.1 Å². The Morgan fingerprint density at radius 3 is 2.60 bits per heavy atom. The normalized spacial score (nSPS) is 16.0. The number of benzene rings is 2. The first kappa shape index (κ1) is 22.1. The van der Waals surface area contributed by atoms with Gasteiger partial charge in [0.1, 0.15) is 5.82 Å². The van der Waals surface area contributed by atoms with E-state index in [1.807, 2.05) is 45.0 Å². The average molecular weight is 408 g/mol. The number of hydrogen-bond donors (Lipinski definition) is 1.